The highest BCUT2D eigenvalue weighted by Crippen LogP contribution is 2.35. The molecule has 1 saturated heterocycles. The van der Waals surface area contributed by atoms with Crippen LogP contribution in [0, 0.1) is 0 Å². The van der Waals surface area contributed by atoms with Crippen molar-refractivity contribution in [3.05, 3.63) is 69.1 Å². The van der Waals surface area contributed by atoms with Gasteiger partial charge in [0.15, 0.2) is 0 Å². The second kappa shape index (κ2) is 9.88. The summed E-state index contributed by atoms with van der Waals surface area (Å²) in [7, 11) is 1.18. The lowest BCUT2D eigenvalue weighted by Gasteiger charge is -2.18. The van der Waals surface area contributed by atoms with Crippen molar-refractivity contribution in [3.63, 3.8) is 0 Å². The van der Waals surface area contributed by atoms with Gasteiger partial charge in [-0.1, -0.05) is 29.8 Å². The van der Waals surface area contributed by atoms with Crippen LogP contribution in [-0.4, -0.2) is 46.2 Å². The number of rotatable bonds is 7. The van der Waals surface area contributed by atoms with E-state index in [1.165, 1.54) is 32.2 Å². The largest absolute Gasteiger partial charge is 0.487 e. The van der Waals surface area contributed by atoms with Crippen molar-refractivity contribution in [2.45, 2.75) is 19.6 Å². The number of carbonyl (C=O) groups is 4. The minimum Gasteiger partial charge on any atom is -0.487 e. The Balaban J connectivity index is 1.72. The smallest absolute Gasteiger partial charge is 0.335 e. The van der Waals surface area contributed by atoms with Crippen LogP contribution in [0.25, 0.3) is 6.08 Å². The number of carbonyl (C=O) groups excluding carboxylic acids is 3. The number of nitrogens with zero attached hydrogens (tertiary/aromatic N) is 1. The molecule has 1 aliphatic rings. The maximum absolute atomic E-state index is 12.6. The van der Waals surface area contributed by atoms with E-state index in [4.69, 9.17) is 21.4 Å². The van der Waals surface area contributed by atoms with E-state index in [1.807, 2.05) is 0 Å². The number of thioether (sulfide) groups is 1. The van der Waals surface area contributed by atoms with Crippen LogP contribution < -0.4 is 4.74 Å². The molecule has 0 spiro atoms. The number of halogens is 1. The summed E-state index contributed by atoms with van der Waals surface area (Å²) in [5.74, 6) is -1.93. The molecule has 0 saturated carbocycles. The van der Waals surface area contributed by atoms with Crippen LogP contribution in [0.2, 0.25) is 5.02 Å². The van der Waals surface area contributed by atoms with Crippen LogP contribution in [0.4, 0.5) is 4.79 Å². The lowest BCUT2D eigenvalue weighted by molar-refractivity contribution is -0.148. The van der Waals surface area contributed by atoms with E-state index < -0.39 is 29.1 Å². The van der Waals surface area contributed by atoms with Gasteiger partial charge in [0, 0.05) is 0 Å². The summed E-state index contributed by atoms with van der Waals surface area (Å²) in [6.07, 6.45) is 1.50. The zero-order chi connectivity index (χ0) is 23.4. The molecule has 1 aliphatic heterocycles. The number of aromatic carboxylic acids is 1. The Morgan fingerprint density at radius 2 is 1.97 bits per heavy atom. The SMILES string of the molecule is COC(=O)C(C)N1C(=O)S/C(=C/c2ccc(OCc3cccc(C(=O)O)c3)c(Cl)c2)C1=O. The molecule has 1 N–H and O–H groups in total. The van der Waals surface area contributed by atoms with Crippen molar-refractivity contribution in [3.8, 4) is 5.75 Å². The topological polar surface area (TPSA) is 110 Å². The molecule has 0 aliphatic carbocycles. The van der Waals surface area contributed by atoms with E-state index in [0.29, 0.717) is 16.9 Å². The zero-order valence-corrected chi connectivity index (χ0v) is 18.6. The predicted molar refractivity (Wildman–Crippen MR) is 118 cm³/mol. The highest BCUT2D eigenvalue weighted by molar-refractivity contribution is 8.18. The molecule has 2 aromatic carbocycles. The Kier molecular flexibility index (Phi) is 7.22. The Labute approximate surface area is 192 Å². The summed E-state index contributed by atoms with van der Waals surface area (Å²) < 4.78 is 10.3. The molecule has 1 atom stereocenters. The molecule has 1 fully saturated rings. The van der Waals surface area contributed by atoms with Crippen LogP contribution >= 0.6 is 23.4 Å². The molecule has 2 amide bonds. The molecule has 1 unspecified atom stereocenters. The first-order valence-electron chi connectivity index (χ1n) is 9.30. The average molecular weight is 476 g/mol. The summed E-state index contributed by atoms with van der Waals surface area (Å²) in [5, 5.41) is 8.78. The third kappa shape index (κ3) is 5.12. The van der Waals surface area contributed by atoms with Gasteiger partial charge in [0.25, 0.3) is 11.1 Å². The van der Waals surface area contributed by atoms with Crippen molar-refractivity contribution in [2.75, 3.05) is 7.11 Å². The van der Waals surface area contributed by atoms with Gasteiger partial charge in [-0.3, -0.25) is 14.5 Å². The fourth-order valence-corrected chi connectivity index (χ4v) is 4.07. The Hall–Kier alpha value is -3.30. The molecule has 32 heavy (non-hydrogen) atoms. The second-order valence-electron chi connectivity index (χ2n) is 6.73. The van der Waals surface area contributed by atoms with Crippen LogP contribution in [-0.2, 0) is 20.9 Å². The van der Waals surface area contributed by atoms with Gasteiger partial charge in [0.05, 0.1) is 22.6 Å². The number of esters is 1. The molecular formula is C22H18ClNO7S. The molecule has 3 rings (SSSR count). The van der Waals surface area contributed by atoms with E-state index in [2.05, 4.69) is 4.74 Å². The first kappa shape index (κ1) is 23.4. The molecule has 0 radical (unpaired) electrons. The molecular weight excluding hydrogens is 458 g/mol. The fraction of sp³-hybridized carbons (Fsp3) is 0.182. The van der Waals surface area contributed by atoms with E-state index in [1.54, 1.807) is 30.3 Å². The minimum atomic E-state index is -1.03. The molecule has 166 valence electrons. The van der Waals surface area contributed by atoms with Gasteiger partial charge in [-0.05, 0) is 60.2 Å². The monoisotopic (exact) mass is 475 g/mol. The second-order valence-corrected chi connectivity index (χ2v) is 8.14. The maximum Gasteiger partial charge on any atom is 0.335 e. The third-order valence-electron chi connectivity index (χ3n) is 4.58. The molecule has 2 aromatic rings. The van der Waals surface area contributed by atoms with Gasteiger partial charge < -0.3 is 14.6 Å². The Morgan fingerprint density at radius 1 is 1.22 bits per heavy atom. The lowest BCUT2D eigenvalue weighted by Crippen LogP contribution is -2.42. The molecule has 0 aromatic heterocycles. The highest BCUT2D eigenvalue weighted by Gasteiger charge is 2.41. The first-order chi connectivity index (χ1) is 15.2. The van der Waals surface area contributed by atoms with E-state index >= 15 is 0 Å². The van der Waals surface area contributed by atoms with Crippen molar-refractivity contribution in [2.24, 2.45) is 0 Å². The quantitative estimate of drug-likeness (QED) is 0.468. The summed E-state index contributed by atoms with van der Waals surface area (Å²) in [6, 6.07) is 10.2. The van der Waals surface area contributed by atoms with Gasteiger partial charge in [-0.2, -0.15) is 0 Å². The summed E-state index contributed by atoms with van der Waals surface area (Å²) >= 11 is 7.01. The number of imide groups is 1. The summed E-state index contributed by atoms with van der Waals surface area (Å²) in [4.78, 5) is 48.5. The summed E-state index contributed by atoms with van der Waals surface area (Å²) in [6.45, 7) is 1.53. The van der Waals surface area contributed by atoms with Crippen LogP contribution in [0.15, 0.2) is 47.4 Å². The number of amides is 2. The van der Waals surface area contributed by atoms with E-state index in [0.717, 1.165) is 16.7 Å². The van der Waals surface area contributed by atoms with Crippen molar-refractivity contribution in [1.82, 2.24) is 4.90 Å². The number of carboxylic acid groups (broad SMARTS) is 1. The predicted octanol–water partition coefficient (Wildman–Crippen LogP) is 4.22. The van der Waals surface area contributed by atoms with Crippen LogP contribution in [0.1, 0.15) is 28.4 Å². The van der Waals surface area contributed by atoms with Crippen molar-refractivity contribution < 1.29 is 33.8 Å². The van der Waals surface area contributed by atoms with E-state index in [9.17, 15) is 19.2 Å². The third-order valence-corrected chi connectivity index (χ3v) is 5.75. The van der Waals surface area contributed by atoms with E-state index in [-0.39, 0.29) is 22.1 Å². The maximum atomic E-state index is 12.6. The number of hydrogen-bond donors (Lipinski definition) is 1. The Bertz CT molecular complexity index is 1130. The first-order valence-corrected chi connectivity index (χ1v) is 10.5. The number of carboxylic acids is 1. The standard InChI is InChI=1S/C22H18ClNO7S/c1-12(21(28)30-2)24-19(25)18(32-22(24)29)10-13-6-7-17(16(23)9-13)31-11-14-4-3-5-15(8-14)20(26)27/h3-10,12H,11H2,1-2H3,(H,26,27)/b18-10+. The number of ether oxygens (including phenoxy) is 2. The normalized spacial score (nSPS) is 15.7. The van der Waals surface area contributed by atoms with Crippen molar-refractivity contribution >= 4 is 52.5 Å². The van der Waals surface area contributed by atoms with Gasteiger partial charge >= 0.3 is 11.9 Å². The van der Waals surface area contributed by atoms with Gasteiger partial charge in [-0.25, -0.2) is 9.59 Å². The number of benzene rings is 2. The zero-order valence-electron chi connectivity index (χ0n) is 17.0. The van der Waals surface area contributed by atoms with Gasteiger partial charge in [-0.15, -0.1) is 0 Å². The molecule has 8 nitrogen and oxygen atoms in total. The lowest BCUT2D eigenvalue weighted by atomic mass is 10.1. The highest BCUT2D eigenvalue weighted by atomic mass is 35.5. The van der Waals surface area contributed by atoms with Gasteiger partial charge in [0.2, 0.25) is 0 Å². The van der Waals surface area contributed by atoms with Crippen molar-refractivity contribution in [1.29, 1.82) is 0 Å². The van der Waals surface area contributed by atoms with Crippen LogP contribution in [0.3, 0.4) is 0 Å². The van der Waals surface area contributed by atoms with Crippen LogP contribution in [0.5, 0.6) is 5.75 Å². The summed E-state index contributed by atoms with van der Waals surface area (Å²) in [5.41, 5.74) is 1.38. The number of methoxy groups -OCH3 is 1. The molecule has 1 heterocycles. The van der Waals surface area contributed by atoms with Gasteiger partial charge in [0.1, 0.15) is 18.4 Å². The molecule has 10 heteroatoms. The minimum absolute atomic E-state index is 0.116. The fourth-order valence-electron chi connectivity index (χ4n) is 2.92. The average Bonchev–Trinajstić information content (AvgIpc) is 3.04. The number of hydrogen-bond acceptors (Lipinski definition) is 7. The Morgan fingerprint density at radius 3 is 2.62 bits per heavy atom. The molecule has 0 bridgehead atoms.